The molecule has 0 aliphatic heterocycles. The zero-order valence-corrected chi connectivity index (χ0v) is 20.5. The van der Waals surface area contributed by atoms with Crippen molar-refractivity contribution in [1.82, 2.24) is 9.78 Å². The molecule has 37 heavy (non-hydrogen) atoms. The van der Waals surface area contributed by atoms with Gasteiger partial charge in [0, 0.05) is 17.2 Å². The molecule has 4 aromatic rings. The van der Waals surface area contributed by atoms with Crippen molar-refractivity contribution in [3.63, 3.8) is 0 Å². The minimum Gasteiger partial charge on any atom is -0.293 e. The van der Waals surface area contributed by atoms with E-state index in [0.717, 1.165) is 30.3 Å². The molecule has 3 N–H and O–H groups in total. The van der Waals surface area contributed by atoms with E-state index in [1.807, 2.05) is 0 Å². The Morgan fingerprint density at radius 2 is 1.46 bits per heavy atom. The van der Waals surface area contributed by atoms with Crippen molar-refractivity contribution in [2.24, 2.45) is 10.2 Å². The summed E-state index contributed by atoms with van der Waals surface area (Å²) in [6.45, 7) is 1.60. The first-order valence-electron chi connectivity index (χ1n) is 10.3. The third-order valence-electron chi connectivity index (χ3n) is 5.21. The second-order valence-electron chi connectivity index (χ2n) is 7.67. The standard InChI is InChI=1S/C22H16N6O7S2/c1-13-21(22(29)28(27-13)16-5-3-2-4-6-16)26-25-15-8-10-18(20(12-15)37(33,34)35)17-9-7-14(24-23)11-19(17)36(30,31)32/h2-12H,1H3,(H2-,25,27,29,30,31,32,33,34,35)/p+1. The van der Waals surface area contributed by atoms with Crippen molar-refractivity contribution in [2.75, 3.05) is 0 Å². The Hall–Kier alpha value is -4.49. The fourth-order valence-electron chi connectivity index (χ4n) is 3.54. The van der Waals surface area contributed by atoms with Crippen LogP contribution in [0.25, 0.3) is 21.8 Å². The van der Waals surface area contributed by atoms with E-state index in [1.54, 1.807) is 37.3 Å². The van der Waals surface area contributed by atoms with Crippen LogP contribution in [0.4, 0.5) is 17.1 Å². The average Bonchev–Trinajstić information content (AvgIpc) is 3.14. The predicted octanol–water partition coefficient (Wildman–Crippen LogP) is 4.53. The smallest absolute Gasteiger partial charge is 0.293 e. The lowest BCUT2D eigenvalue weighted by Crippen LogP contribution is -2.13. The maximum atomic E-state index is 12.8. The van der Waals surface area contributed by atoms with E-state index in [-0.39, 0.29) is 28.2 Å². The summed E-state index contributed by atoms with van der Waals surface area (Å²) in [7, 11) is -9.83. The normalized spacial score (nSPS) is 12.1. The molecule has 0 fully saturated rings. The molecule has 0 atom stereocenters. The number of hydrogen-bond acceptors (Lipinski definition) is 8. The second kappa shape index (κ2) is 9.52. The largest absolute Gasteiger partial charge is 0.386 e. The molecule has 0 saturated carbocycles. The number of azo groups is 1. The van der Waals surface area contributed by atoms with Gasteiger partial charge in [-0.15, -0.1) is 5.11 Å². The highest BCUT2D eigenvalue weighted by Crippen LogP contribution is 2.37. The fraction of sp³-hybridized carbons (Fsp3) is 0.0455. The molecule has 3 aromatic carbocycles. The Kier molecular flexibility index (Phi) is 6.59. The molecular weight excluding hydrogens is 524 g/mol. The quantitative estimate of drug-likeness (QED) is 0.179. The molecule has 0 aliphatic carbocycles. The molecule has 13 nitrogen and oxygen atoms in total. The molecule has 0 bridgehead atoms. The van der Waals surface area contributed by atoms with Crippen LogP contribution in [-0.4, -0.2) is 35.7 Å². The Morgan fingerprint density at radius 1 is 0.865 bits per heavy atom. The van der Waals surface area contributed by atoms with Crippen molar-refractivity contribution in [3.8, 4) is 16.8 Å². The Morgan fingerprint density at radius 3 is 2.05 bits per heavy atom. The van der Waals surface area contributed by atoms with Gasteiger partial charge in [0.15, 0.2) is 10.7 Å². The number of hydrogen-bond donors (Lipinski definition) is 3. The SMILES string of the molecule is Cc1[nH]n(-c2ccccc2)c(=O)c1N=Nc1ccc(-c2ccc([N+]#N)cc2S(=O)(=O)O)c(S(=O)(=O)O)c1. The Bertz CT molecular complexity index is 1870. The Balaban J connectivity index is 1.82. The maximum Gasteiger partial charge on any atom is 0.386 e. The van der Waals surface area contributed by atoms with Gasteiger partial charge in [-0.1, -0.05) is 24.3 Å². The molecule has 0 unspecified atom stereocenters. The third kappa shape index (κ3) is 5.22. The van der Waals surface area contributed by atoms with Crippen LogP contribution in [0.15, 0.2) is 91.5 Å². The van der Waals surface area contributed by atoms with E-state index in [2.05, 4.69) is 20.3 Å². The number of aromatic amines is 1. The summed E-state index contributed by atoms with van der Waals surface area (Å²) in [6.07, 6.45) is 0. The predicted molar refractivity (Wildman–Crippen MR) is 132 cm³/mol. The van der Waals surface area contributed by atoms with Crippen LogP contribution in [0.2, 0.25) is 0 Å². The molecule has 0 spiro atoms. The van der Waals surface area contributed by atoms with Gasteiger partial charge < -0.3 is 0 Å². The summed E-state index contributed by atoms with van der Waals surface area (Å²) >= 11 is 0. The number of nitrogens with one attached hydrogen (secondary N) is 1. The van der Waals surface area contributed by atoms with Gasteiger partial charge >= 0.3 is 5.69 Å². The maximum absolute atomic E-state index is 12.8. The van der Waals surface area contributed by atoms with Crippen LogP contribution < -0.4 is 5.56 Å². The zero-order chi connectivity index (χ0) is 27.0. The summed E-state index contributed by atoms with van der Waals surface area (Å²) in [4.78, 5) is 14.2. The number of aromatic nitrogens is 2. The summed E-state index contributed by atoms with van der Waals surface area (Å²) < 4.78 is 68.8. The molecule has 0 saturated heterocycles. The number of H-pyrrole nitrogens is 1. The number of diazo groups is 1. The van der Waals surface area contributed by atoms with Crippen LogP contribution >= 0.6 is 0 Å². The molecule has 1 heterocycles. The average molecular weight is 542 g/mol. The molecule has 1 aromatic heterocycles. The van der Waals surface area contributed by atoms with Crippen LogP contribution in [0.3, 0.4) is 0 Å². The van der Waals surface area contributed by atoms with Crippen molar-refractivity contribution >= 4 is 37.3 Å². The highest BCUT2D eigenvalue weighted by molar-refractivity contribution is 7.86. The van der Waals surface area contributed by atoms with Gasteiger partial charge in [-0.05, 0) is 37.3 Å². The molecule has 15 heteroatoms. The molecule has 0 radical (unpaired) electrons. The number of aryl methyl sites for hydroxylation is 1. The van der Waals surface area contributed by atoms with Gasteiger partial charge in [-0.3, -0.25) is 19.0 Å². The summed E-state index contributed by atoms with van der Waals surface area (Å²) in [5.41, 5.74) is -0.497. The van der Waals surface area contributed by atoms with Gasteiger partial charge in [0.25, 0.3) is 25.8 Å². The first-order chi connectivity index (χ1) is 17.4. The fourth-order valence-corrected chi connectivity index (χ4v) is 4.99. The lowest BCUT2D eigenvalue weighted by Gasteiger charge is -2.10. The minimum absolute atomic E-state index is 0.0432. The van der Waals surface area contributed by atoms with Crippen LogP contribution in [-0.2, 0) is 20.2 Å². The van der Waals surface area contributed by atoms with E-state index in [1.165, 1.54) is 10.7 Å². The van der Waals surface area contributed by atoms with Crippen molar-refractivity contribution < 1.29 is 25.9 Å². The number of para-hydroxylation sites is 1. The highest BCUT2D eigenvalue weighted by atomic mass is 32.2. The number of nitrogens with zero attached hydrogens (tertiary/aromatic N) is 5. The van der Waals surface area contributed by atoms with Gasteiger partial charge in [-0.25, -0.2) is 4.68 Å². The van der Waals surface area contributed by atoms with E-state index < -0.39 is 35.6 Å². The van der Waals surface area contributed by atoms with Crippen molar-refractivity contribution in [1.29, 1.82) is 5.39 Å². The molecule has 0 aliphatic rings. The Labute approximate surface area is 209 Å². The van der Waals surface area contributed by atoms with Crippen LogP contribution in [0.5, 0.6) is 0 Å². The van der Waals surface area contributed by atoms with E-state index >= 15 is 0 Å². The van der Waals surface area contributed by atoms with Crippen molar-refractivity contribution in [3.05, 3.63) is 87.8 Å². The second-order valence-corrected chi connectivity index (χ2v) is 10.5. The highest BCUT2D eigenvalue weighted by Gasteiger charge is 2.26. The van der Waals surface area contributed by atoms with Crippen LogP contribution in [0, 0.1) is 12.3 Å². The number of benzene rings is 3. The third-order valence-corrected chi connectivity index (χ3v) is 7.00. The van der Waals surface area contributed by atoms with Gasteiger partial charge in [-0.2, -0.15) is 21.9 Å². The van der Waals surface area contributed by atoms with Gasteiger partial charge in [0.2, 0.25) is 5.39 Å². The molecular formula is C22H17N6O7S2+. The van der Waals surface area contributed by atoms with Gasteiger partial charge in [0.05, 0.1) is 23.1 Å². The molecule has 4 rings (SSSR count). The van der Waals surface area contributed by atoms with Crippen LogP contribution in [0.1, 0.15) is 5.69 Å². The number of rotatable bonds is 6. The van der Waals surface area contributed by atoms with E-state index in [9.17, 15) is 30.7 Å². The molecule has 188 valence electrons. The first-order valence-corrected chi connectivity index (χ1v) is 13.2. The summed E-state index contributed by atoms with van der Waals surface area (Å²) in [6, 6.07) is 15.1. The summed E-state index contributed by atoms with van der Waals surface area (Å²) in [5, 5.41) is 19.6. The van der Waals surface area contributed by atoms with Gasteiger partial charge in [0.1, 0.15) is 9.79 Å². The lowest BCUT2D eigenvalue weighted by atomic mass is 10.0. The van der Waals surface area contributed by atoms with E-state index in [0.29, 0.717) is 11.4 Å². The zero-order valence-electron chi connectivity index (χ0n) is 18.8. The minimum atomic E-state index is -4.94. The summed E-state index contributed by atoms with van der Waals surface area (Å²) in [5.74, 6) is 0. The van der Waals surface area contributed by atoms with E-state index in [4.69, 9.17) is 5.39 Å². The molecule has 0 amide bonds. The topological polar surface area (TPSA) is 199 Å². The monoisotopic (exact) mass is 541 g/mol. The van der Waals surface area contributed by atoms with Crippen molar-refractivity contribution in [2.45, 2.75) is 16.7 Å². The first kappa shape index (κ1) is 25.6. The lowest BCUT2D eigenvalue weighted by molar-refractivity contribution is 0.480.